The second-order valence-corrected chi connectivity index (χ2v) is 4.00. The minimum absolute atomic E-state index is 0.261. The third-order valence-electron chi connectivity index (χ3n) is 2.65. The molecule has 0 aromatic carbocycles. The summed E-state index contributed by atoms with van der Waals surface area (Å²) < 4.78 is 0. The van der Waals surface area contributed by atoms with Gasteiger partial charge in [0.2, 0.25) is 5.91 Å². The van der Waals surface area contributed by atoms with E-state index in [2.05, 4.69) is 6.92 Å². The molecule has 0 aromatic heterocycles. The first-order chi connectivity index (χ1) is 7.22. The summed E-state index contributed by atoms with van der Waals surface area (Å²) in [6.07, 6.45) is 11.5. The van der Waals surface area contributed by atoms with Crippen molar-refractivity contribution in [2.75, 3.05) is 0 Å². The summed E-state index contributed by atoms with van der Waals surface area (Å²) in [6.45, 7) is 4.20. The van der Waals surface area contributed by atoms with Crippen LogP contribution in [0.2, 0.25) is 0 Å². The van der Waals surface area contributed by atoms with Crippen molar-refractivity contribution in [2.45, 2.75) is 65.2 Å². The fraction of sp³-hybridized carbons (Fsp3) is 0.769. The first-order valence-corrected chi connectivity index (χ1v) is 6.21. The summed E-state index contributed by atoms with van der Waals surface area (Å²) in [7, 11) is 0. The van der Waals surface area contributed by atoms with Crippen LogP contribution in [-0.2, 0) is 4.79 Å². The average molecular weight is 211 g/mol. The Kier molecular flexibility index (Phi) is 9.24. The molecular formula is C13H25NO. The maximum absolute atomic E-state index is 10.9. The fourth-order valence-electron chi connectivity index (χ4n) is 1.62. The predicted octanol–water partition coefficient (Wildman–Crippen LogP) is 3.56. The van der Waals surface area contributed by atoms with Crippen LogP contribution in [0.1, 0.15) is 65.2 Å². The fourth-order valence-corrected chi connectivity index (χ4v) is 1.62. The number of carbonyl (C=O) groups is 1. The van der Waals surface area contributed by atoms with Crippen LogP contribution >= 0.6 is 0 Å². The lowest BCUT2D eigenvalue weighted by Gasteiger charge is -2.00. The third kappa shape index (κ3) is 8.22. The molecule has 0 saturated carbocycles. The molecule has 0 radical (unpaired) electrons. The molecular weight excluding hydrogens is 186 g/mol. The molecule has 2 N–H and O–H groups in total. The standard InChI is InChI=1S/C13H25NO/c1-3-5-6-7-8-9-10-11-12(4-2)13(14)15/h11H,3-10H2,1-2H3,(H2,14,15). The number of carbonyl (C=O) groups excluding carboxylic acids is 1. The molecule has 1 amide bonds. The first kappa shape index (κ1) is 14.2. The summed E-state index contributed by atoms with van der Waals surface area (Å²) >= 11 is 0. The van der Waals surface area contributed by atoms with Gasteiger partial charge in [-0.25, -0.2) is 0 Å². The van der Waals surface area contributed by atoms with Gasteiger partial charge in [-0.05, 0) is 19.3 Å². The zero-order chi connectivity index (χ0) is 11.5. The lowest BCUT2D eigenvalue weighted by molar-refractivity contribution is -0.114. The number of allylic oxidation sites excluding steroid dienone is 1. The van der Waals surface area contributed by atoms with Gasteiger partial charge < -0.3 is 5.73 Å². The highest BCUT2D eigenvalue weighted by atomic mass is 16.1. The number of amides is 1. The number of nitrogens with two attached hydrogens (primary N) is 1. The zero-order valence-corrected chi connectivity index (χ0v) is 10.2. The second-order valence-electron chi connectivity index (χ2n) is 4.00. The molecule has 0 fully saturated rings. The number of rotatable bonds is 9. The van der Waals surface area contributed by atoms with Gasteiger partial charge in [-0.3, -0.25) is 4.79 Å². The number of hydrogen-bond acceptors (Lipinski definition) is 1. The summed E-state index contributed by atoms with van der Waals surface area (Å²) in [6, 6.07) is 0. The van der Waals surface area contributed by atoms with Gasteiger partial charge in [-0.2, -0.15) is 0 Å². The molecule has 2 heteroatoms. The minimum atomic E-state index is -0.261. The molecule has 2 nitrogen and oxygen atoms in total. The van der Waals surface area contributed by atoms with Crippen LogP contribution in [0.25, 0.3) is 0 Å². The van der Waals surface area contributed by atoms with Gasteiger partial charge in [0.05, 0.1) is 0 Å². The van der Waals surface area contributed by atoms with Crippen molar-refractivity contribution in [3.05, 3.63) is 11.6 Å². The molecule has 15 heavy (non-hydrogen) atoms. The molecule has 0 aliphatic heterocycles. The maximum atomic E-state index is 10.9. The van der Waals surface area contributed by atoms with Gasteiger partial charge in [0.25, 0.3) is 0 Å². The molecule has 0 atom stereocenters. The molecule has 88 valence electrons. The number of unbranched alkanes of at least 4 members (excludes halogenated alkanes) is 6. The van der Waals surface area contributed by atoms with E-state index in [4.69, 9.17) is 5.73 Å². The van der Waals surface area contributed by atoms with E-state index in [1.165, 1.54) is 38.5 Å². The Morgan fingerprint density at radius 2 is 1.67 bits per heavy atom. The van der Waals surface area contributed by atoms with Crippen LogP contribution in [0.15, 0.2) is 11.6 Å². The highest BCUT2D eigenvalue weighted by molar-refractivity contribution is 5.91. The van der Waals surface area contributed by atoms with Gasteiger partial charge in [0.1, 0.15) is 0 Å². The smallest absolute Gasteiger partial charge is 0.244 e. The van der Waals surface area contributed by atoms with Crippen molar-refractivity contribution in [1.29, 1.82) is 0 Å². The number of hydrogen-bond donors (Lipinski definition) is 1. The largest absolute Gasteiger partial charge is 0.366 e. The second kappa shape index (κ2) is 9.75. The summed E-state index contributed by atoms with van der Waals surface area (Å²) in [4.78, 5) is 10.9. The van der Waals surface area contributed by atoms with Crippen molar-refractivity contribution in [1.82, 2.24) is 0 Å². The molecule has 0 spiro atoms. The molecule has 0 bridgehead atoms. The molecule has 0 unspecified atom stereocenters. The molecule has 0 aromatic rings. The van der Waals surface area contributed by atoms with E-state index < -0.39 is 0 Å². The highest BCUT2D eigenvalue weighted by Gasteiger charge is 1.99. The van der Waals surface area contributed by atoms with E-state index >= 15 is 0 Å². The molecule has 0 aliphatic rings. The molecule has 0 heterocycles. The summed E-state index contributed by atoms with van der Waals surface area (Å²) in [5, 5.41) is 0. The van der Waals surface area contributed by atoms with E-state index in [0.29, 0.717) is 0 Å². The Labute approximate surface area is 93.9 Å². The Morgan fingerprint density at radius 3 is 2.20 bits per heavy atom. The van der Waals surface area contributed by atoms with Crippen molar-refractivity contribution in [3.63, 3.8) is 0 Å². The molecule has 0 saturated heterocycles. The van der Waals surface area contributed by atoms with Gasteiger partial charge >= 0.3 is 0 Å². The van der Waals surface area contributed by atoms with E-state index in [9.17, 15) is 4.79 Å². The van der Waals surface area contributed by atoms with Crippen LogP contribution in [0.3, 0.4) is 0 Å². The summed E-state index contributed by atoms with van der Waals surface area (Å²) in [5.41, 5.74) is 6.00. The van der Waals surface area contributed by atoms with Crippen LogP contribution in [0, 0.1) is 0 Å². The SMILES string of the molecule is CCCCCCCCC=C(CC)C(N)=O. The molecule has 0 aliphatic carbocycles. The zero-order valence-electron chi connectivity index (χ0n) is 10.2. The molecule has 0 rings (SSSR count). The van der Waals surface area contributed by atoms with Gasteiger partial charge in [0.15, 0.2) is 0 Å². The van der Waals surface area contributed by atoms with Crippen LogP contribution in [0.5, 0.6) is 0 Å². The maximum Gasteiger partial charge on any atom is 0.244 e. The van der Waals surface area contributed by atoms with Gasteiger partial charge in [-0.15, -0.1) is 0 Å². The first-order valence-electron chi connectivity index (χ1n) is 6.21. The Balaban J connectivity index is 3.46. The highest BCUT2D eigenvalue weighted by Crippen LogP contribution is 2.09. The lowest BCUT2D eigenvalue weighted by atomic mass is 10.1. The Hall–Kier alpha value is -0.790. The Morgan fingerprint density at radius 1 is 1.07 bits per heavy atom. The van der Waals surface area contributed by atoms with Crippen molar-refractivity contribution >= 4 is 5.91 Å². The minimum Gasteiger partial charge on any atom is -0.366 e. The van der Waals surface area contributed by atoms with Crippen molar-refractivity contribution in [3.8, 4) is 0 Å². The third-order valence-corrected chi connectivity index (χ3v) is 2.65. The van der Waals surface area contributed by atoms with E-state index in [0.717, 1.165) is 18.4 Å². The normalized spacial score (nSPS) is 11.7. The van der Waals surface area contributed by atoms with Crippen LogP contribution < -0.4 is 5.73 Å². The van der Waals surface area contributed by atoms with Crippen LogP contribution in [-0.4, -0.2) is 5.91 Å². The summed E-state index contributed by atoms with van der Waals surface area (Å²) in [5.74, 6) is -0.261. The van der Waals surface area contributed by atoms with E-state index in [1.54, 1.807) is 0 Å². The quantitative estimate of drug-likeness (QED) is 0.460. The van der Waals surface area contributed by atoms with E-state index in [-0.39, 0.29) is 5.91 Å². The monoisotopic (exact) mass is 211 g/mol. The van der Waals surface area contributed by atoms with Crippen molar-refractivity contribution in [2.24, 2.45) is 5.73 Å². The Bertz CT molecular complexity index is 197. The average Bonchev–Trinajstić information content (AvgIpc) is 2.21. The number of primary amides is 1. The van der Waals surface area contributed by atoms with E-state index in [1.807, 2.05) is 13.0 Å². The topological polar surface area (TPSA) is 43.1 Å². The van der Waals surface area contributed by atoms with Crippen LogP contribution in [0.4, 0.5) is 0 Å². The van der Waals surface area contributed by atoms with Gasteiger partial charge in [-0.1, -0.05) is 52.0 Å². The lowest BCUT2D eigenvalue weighted by Crippen LogP contribution is -2.13. The van der Waals surface area contributed by atoms with Gasteiger partial charge in [0, 0.05) is 5.57 Å². The van der Waals surface area contributed by atoms with Crippen molar-refractivity contribution < 1.29 is 4.79 Å². The predicted molar refractivity (Wildman–Crippen MR) is 65.6 cm³/mol.